The minimum absolute atomic E-state index is 0.00719. The summed E-state index contributed by atoms with van der Waals surface area (Å²) in [5.74, 6) is -1.80. The number of halogens is 1. The molecule has 0 aliphatic carbocycles. The largest absolute Gasteiger partial charge is 0.322 e. The maximum absolute atomic E-state index is 13.8. The molecule has 4 aromatic rings. The topological polar surface area (TPSA) is 66.5 Å². The second kappa shape index (κ2) is 8.52. The number of nitrogens with zero attached hydrogens (tertiary/aromatic N) is 1. The molecule has 1 aliphatic heterocycles. The maximum atomic E-state index is 13.8. The van der Waals surface area contributed by atoms with Crippen LogP contribution in [0.1, 0.15) is 5.56 Å². The first-order valence-corrected chi connectivity index (χ1v) is 11.0. The summed E-state index contributed by atoms with van der Waals surface area (Å²) in [5.41, 5.74) is 0.831. The van der Waals surface area contributed by atoms with Crippen molar-refractivity contribution < 1.29 is 18.8 Å². The number of benzene rings is 4. The predicted octanol–water partition coefficient (Wildman–Crippen LogP) is 5.81. The van der Waals surface area contributed by atoms with Gasteiger partial charge in [0.05, 0.1) is 10.6 Å². The van der Waals surface area contributed by atoms with Crippen LogP contribution in [-0.4, -0.2) is 28.5 Å². The molecular formula is C26H17FN2O3S. The van der Waals surface area contributed by atoms with E-state index in [1.54, 1.807) is 12.1 Å². The summed E-state index contributed by atoms with van der Waals surface area (Å²) in [5, 5.41) is 5.82. The number of hydrogen-bond donors (Lipinski definition) is 1. The summed E-state index contributed by atoms with van der Waals surface area (Å²) in [6.07, 6.45) is 1.71. The fourth-order valence-corrected chi connectivity index (χ4v) is 4.69. The normalized spacial score (nSPS) is 15.1. The molecular weight excluding hydrogens is 439 g/mol. The first-order chi connectivity index (χ1) is 16.0. The van der Waals surface area contributed by atoms with E-state index in [1.165, 1.54) is 18.2 Å². The van der Waals surface area contributed by atoms with Crippen molar-refractivity contribution in [2.45, 2.75) is 0 Å². The van der Waals surface area contributed by atoms with Crippen molar-refractivity contribution in [1.29, 1.82) is 0 Å². The number of anilines is 1. The van der Waals surface area contributed by atoms with E-state index >= 15 is 0 Å². The molecule has 5 rings (SSSR count). The first kappa shape index (κ1) is 20.9. The second-order valence-corrected chi connectivity index (χ2v) is 8.52. The van der Waals surface area contributed by atoms with E-state index < -0.39 is 29.4 Å². The smallest absolute Gasteiger partial charge is 0.294 e. The van der Waals surface area contributed by atoms with Crippen LogP contribution in [0.25, 0.3) is 27.6 Å². The Bertz CT molecular complexity index is 1430. The van der Waals surface area contributed by atoms with Crippen molar-refractivity contribution in [2.75, 3.05) is 11.9 Å². The Balaban J connectivity index is 1.47. The molecule has 3 amide bonds. The summed E-state index contributed by atoms with van der Waals surface area (Å²) in [4.78, 5) is 39.0. The SMILES string of the molecule is O=C(CN1C(=O)S/C(=C/c2c3ccccc3cc3ccccc23)C1=O)Nc1ccccc1F. The van der Waals surface area contributed by atoms with Gasteiger partial charge in [-0.2, -0.15) is 0 Å². The van der Waals surface area contributed by atoms with Gasteiger partial charge in [-0.1, -0.05) is 60.7 Å². The van der Waals surface area contributed by atoms with E-state index in [2.05, 4.69) is 11.4 Å². The van der Waals surface area contributed by atoms with Crippen LogP contribution in [0.15, 0.2) is 83.8 Å². The molecule has 1 N–H and O–H groups in total. The van der Waals surface area contributed by atoms with E-state index in [4.69, 9.17) is 0 Å². The quantitative estimate of drug-likeness (QED) is 0.311. The van der Waals surface area contributed by atoms with Gasteiger partial charge in [-0.25, -0.2) is 4.39 Å². The Kier molecular flexibility index (Phi) is 5.40. The van der Waals surface area contributed by atoms with Gasteiger partial charge in [0.15, 0.2) is 0 Å². The molecule has 162 valence electrons. The maximum Gasteiger partial charge on any atom is 0.294 e. The average Bonchev–Trinajstić information content (AvgIpc) is 3.07. The van der Waals surface area contributed by atoms with E-state index in [-0.39, 0.29) is 10.6 Å². The average molecular weight is 456 g/mol. The lowest BCUT2D eigenvalue weighted by atomic mass is 9.96. The zero-order valence-corrected chi connectivity index (χ0v) is 18.1. The number of carbonyl (C=O) groups excluding carboxylic acids is 3. The molecule has 0 atom stereocenters. The molecule has 33 heavy (non-hydrogen) atoms. The van der Waals surface area contributed by atoms with E-state index in [1.807, 2.05) is 48.5 Å². The highest BCUT2D eigenvalue weighted by atomic mass is 32.2. The summed E-state index contributed by atoms with van der Waals surface area (Å²) < 4.78 is 13.8. The standard InChI is InChI=1S/C26H17FN2O3S/c27-21-11-5-6-12-22(21)28-24(30)15-29-25(31)23(33-26(29)32)14-20-18-9-3-1-7-16(18)13-17-8-2-4-10-19(17)20/h1-14H,15H2,(H,28,30)/b23-14+. The molecule has 1 aliphatic rings. The fourth-order valence-electron chi connectivity index (χ4n) is 3.87. The van der Waals surface area contributed by atoms with Gasteiger partial charge >= 0.3 is 0 Å². The lowest BCUT2D eigenvalue weighted by molar-refractivity contribution is -0.127. The Morgan fingerprint density at radius 3 is 2.18 bits per heavy atom. The highest BCUT2D eigenvalue weighted by Crippen LogP contribution is 2.36. The number of hydrogen-bond acceptors (Lipinski definition) is 4. The number of fused-ring (bicyclic) bond motifs is 2. The van der Waals surface area contributed by atoms with Gasteiger partial charge in [0, 0.05) is 0 Å². The molecule has 0 saturated carbocycles. The second-order valence-electron chi connectivity index (χ2n) is 7.53. The number of nitrogens with one attached hydrogen (secondary N) is 1. The van der Waals surface area contributed by atoms with Crippen molar-refractivity contribution in [3.05, 3.63) is 95.1 Å². The van der Waals surface area contributed by atoms with Gasteiger partial charge in [0.25, 0.3) is 11.1 Å². The van der Waals surface area contributed by atoms with Gasteiger partial charge in [-0.15, -0.1) is 0 Å². The molecule has 1 saturated heterocycles. The van der Waals surface area contributed by atoms with Crippen LogP contribution in [0.2, 0.25) is 0 Å². The monoisotopic (exact) mass is 456 g/mol. The number of amides is 3. The van der Waals surface area contributed by atoms with Crippen LogP contribution in [0.4, 0.5) is 14.9 Å². The molecule has 4 aromatic carbocycles. The first-order valence-electron chi connectivity index (χ1n) is 10.2. The number of imide groups is 1. The third-order valence-electron chi connectivity index (χ3n) is 5.41. The minimum Gasteiger partial charge on any atom is -0.322 e. The molecule has 0 radical (unpaired) electrons. The number of thioether (sulfide) groups is 1. The lowest BCUT2D eigenvalue weighted by Crippen LogP contribution is -2.36. The van der Waals surface area contributed by atoms with Crippen LogP contribution in [0.3, 0.4) is 0 Å². The molecule has 0 aromatic heterocycles. The summed E-state index contributed by atoms with van der Waals surface area (Å²) >= 11 is 0.790. The van der Waals surface area contributed by atoms with Crippen LogP contribution in [0, 0.1) is 5.82 Å². The van der Waals surface area contributed by atoms with Gasteiger partial charge in [0.2, 0.25) is 5.91 Å². The van der Waals surface area contributed by atoms with E-state index in [9.17, 15) is 18.8 Å². The zero-order valence-electron chi connectivity index (χ0n) is 17.2. The van der Waals surface area contributed by atoms with Crippen molar-refractivity contribution >= 4 is 62.1 Å². The van der Waals surface area contributed by atoms with Crippen molar-refractivity contribution in [3.8, 4) is 0 Å². The Morgan fingerprint density at radius 2 is 1.52 bits per heavy atom. The number of rotatable bonds is 4. The molecule has 1 heterocycles. The molecule has 0 unspecified atom stereocenters. The van der Waals surface area contributed by atoms with Crippen LogP contribution in [0.5, 0.6) is 0 Å². The van der Waals surface area contributed by atoms with Crippen LogP contribution < -0.4 is 5.32 Å². The third-order valence-corrected chi connectivity index (χ3v) is 6.32. The molecule has 0 spiro atoms. The van der Waals surface area contributed by atoms with Crippen molar-refractivity contribution in [3.63, 3.8) is 0 Å². The highest BCUT2D eigenvalue weighted by molar-refractivity contribution is 8.18. The van der Waals surface area contributed by atoms with Crippen LogP contribution in [-0.2, 0) is 9.59 Å². The van der Waals surface area contributed by atoms with E-state index in [0.29, 0.717) is 0 Å². The van der Waals surface area contributed by atoms with Crippen molar-refractivity contribution in [1.82, 2.24) is 4.90 Å². The zero-order chi connectivity index (χ0) is 22.9. The Morgan fingerprint density at radius 1 is 0.909 bits per heavy atom. The fraction of sp³-hybridized carbons (Fsp3) is 0.0385. The van der Waals surface area contributed by atoms with Crippen LogP contribution >= 0.6 is 11.8 Å². The van der Waals surface area contributed by atoms with Gasteiger partial charge in [-0.3, -0.25) is 19.3 Å². The lowest BCUT2D eigenvalue weighted by Gasteiger charge is -2.13. The highest BCUT2D eigenvalue weighted by Gasteiger charge is 2.36. The number of carbonyl (C=O) groups is 3. The van der Waals surface area contributed by atoms with Gasteiger partial charge in [0.1, 0.15) is 12.4 Å². The van der Waals surface area contributed by atoms with E-state index in [0.717, 1.165) is 43.8 Å². The Labute approximate surface area is 192 Å². The van der Waals surface area contributed by atoms with Crippen molar-refractivity contribution in [2.24, 2.45) is 0 Å². The van der Waals surface area contributed by atoms with Gasteiger partial charge in [-0.05, 0) is 63.1 Å². The molecule has 5 nitrogen and oxygen atoms in total. The minimum atomic E-state index is -0.653. The van der Waals surface area contributed by atoms with Gasteiger partial charge < -0.3 is 5.32 Å². The summed E-state index contributed by atoms with van der Waals surface area (Å²) in [6, 6.07) is 23.5. The molecule has 7 heteroatoms. The summed E-state index contributed by atoms with van der Waals surface area (Å²) in [6.45, 7) is -0.493. The summed E-state index contributed by atoms with van der Waals surface area (Å²) in [7, 11) is 0. The third kappa shape index (κ3) is 3.99. The predicted molar refractivity (Wildman–Crippen MR) is 129 cm³/mol. The molecule has 1 fully saturated rings. The number of para-hydroxylation sites is 1. The Hall–Kier alpha value is -3.97. The molecule has 0 bridgehead atoms.